The minimum atomic E-state index is 0. The Kier molecular flexibility index (Phi) is 10.5. The van der Waals surface area contributed by atoms with Gasteiger partial charge in [-0.1, -0.05) is 19.9 Å². The Labute approximate surface area is 185 Å². The summed E-state index contributed by atoms with van der Waals surface area (Å²) < 4.78 is 6.19. The summed E-state index contributed by atoms with van der Waals surface area (Å²) in [4.78, 5) is 9.29. The third kappa shape index (κ3) is 7.03. The van der Waals surface area contributed by atoms with Crippen molar-refractivity contribution in [1.82, 2.24) is 15.6 Å². The fraction of sp³-hybridized carbons (Fsp3) is 0.444. The smallest absolute Gasteiger partial charge is 0.191 e. The maximum atomic E-state index is 5.26. The molecule has 2 N–H and O–H groups in total. The van der Waals surface area contributed by atoms with E-state index in [4.69, 9.17) is 4.74 Å². The molecule has 0 saturated heterocycles. The molecule has 0 saturated carbocycles. The number of rotatable bonds is 7. The predicted molar refractivity (Wildman–Crippen MR) is 124 cm³/mol. The van der Waals surface area contributed by atoms with Gasteiger partial charge in [0.25, 0.3) is 0 Å². The van der Waals surface area contributed by atoms with Crippen molar-refractivity contribution < 1.29 is 4.74 Å². The summed E-state index contributed by atoms with van der Waals surface area (Å²) >= 11 is 5.19. The van der Waals surface area contributed by atoms with Crippen LogP contribution in [0.5, 0.6) is 5.75 Å². The zero-order valence-electron chi connectivity index (χ0n) is 15.5. The van der Waals surface area contributed by atoms with Gasteiger partial charge in [-0.2, -0.15) is 0 Å². The van der Waals surface area contributed by atoms with Crippen molar-refractivity contribution in [3.8, 4) is 5.75 Å². The van der Waals surface area contributed by atoms with Gasteiger partial charge in [0.05, 0.1) is 30.4 Å². The third-order valence-electron chi connectivity index (χ3n) is 3.55. The summed E-state index contributed by atoms with van der Waals surface area (Å²) in [6.45, 7) is 8.45. The standard InChI is InChI=1S/C18H25BrN4OS.HI/c1-5-20-18(22-10-17-23-15(11-25-17)12(2)3)21-9-13-6-7-16(24-4)14(19)8-13;/h6-8,11-12H,5,9-10H2,1-4H3,(H2,20,21,22);1H. The molecule has 1 aromatic heterocycles. The molecule has 0 aliphatic heterocycles. The van der Waals surface area contributed by atoms with Crippen LogP contribution in [0, 0.1) is 0 Å². The molecule has 8 heteroatoms. The molecule has 0 spiro atoms. The molecule has 5 nitrogen and oxygen atoms in total. The Morgan fingerprint density at radius 3 is 2.69 bits per heavy atom. The first-order valence-corrected chi connectivity index (χ1v) is 9.99. The second-order valence-corrected chi connectivity index (χ2v) is 7.64. The van der Waals surface area contributed by atoms with Crippen molar-refractivity contribution in [2.24, 2.45) is 4.99 Å². The van der Waals surface area contributed by atoms with Crippen molar-refractivity contribution in [1.29, 1.82) is 0 Å². The van der Waals surface area contributed by atoms with Crippen LogP contribution in [0.2, 0.25) is 0 Å². The van der Waals surface area contributed by atoms with Gasteiger partial charge in [-0.05, 0) is 46.5 Å². The van der Waals surface area contributed by atoms with Crippen LogP contribution in [0.1, 0.15) is 43.0 Å². The largest absolute Gasteiger partial charge is 0.496 e. The number of benzene rings is 1. The molecule has 2 rings (SSSR count). The number of guanidine groups is 1. The molecule has 2 aromatic rings. The zero-order chi connectivity index (χ0) is 18.2. The topological polar surface area (TPSA) is 58.5 Å². The number of methoxy groups -OCH3 is 1. The minimum absolute atomic E-state index is 0. The van der Waals surface area contributed by atoms with Crippen LogP contribution < -0.4 is 15.4 Å². The molecule has 144 valence electrons. The lowest BCUT2D eigenvalue weighted by Crippen LogP contribution is -2.36. The monoisotopic (exact) mass is 552 g/mol. The number of nitrogens with one attached hydrogen (secondary N) is 2. The highest BCUT2D eigenvalue weighted by molar-refractivity contribution is 14.0. The molecule has 0 amide bonds. The number of hydrogen-bond donors (Lipinski definition) is 2. The average molecular weight is 553 g/mol. The van der Waals surface area contributed by atoms with Gasteiger partial charge in [0.2, 0.25) is 0 Å². The van der Waals surface area contributed by atoms with Crippen LogP contribution in [-0.2, 0) is 13.1 Å². The maximum Gasteiger partial charge on any atom is 0.191 e. The van der Waals surface area contributed by atoms with E-state index in [2.05, 4.69) is 62.7 Å². The number of nitrogens with zero attached hydrogens (tertiary/aromatic N) is 2. The fourth-order valence-corrected chi connectivity index (χ4v) is 3.63. The molecule has 1 heterocycles. The van der Waals surface area contributed by atoms with E-state index in [9.17, 15) is 0 Å². The Morgan fingerprint density at radius 2 is 2.12 bits per heavy atom. The molecular formula is C18H26BrIN4OS. The first-order chi connectivity index (χ1) is 12.0. The van der Waals surface area contributed by atoms with E-state index in [1.54, 1.807) is 18.4 Å². The Morgan fingerprint density at radius 1 is 1.35 bits per heavy atom. The van der Waals surface area contributed by atoms with Crippen molar-refractivity contribution in [3.63, 3.8) is 0 Å². The highest BCUT2D eigenvalue weighted by Crippen LogP contribution is 2.25. The number of aromatic nitrogens is 1. The third-order valence-corrected chi connectivity index (χ3v) is 5.04. The average Bonchev–Trinajstić information content (AvgIpc) is 3.07. The van der Waals surface area contributed by atoms with Gasteiger partial charge in [-0.15, -0.1) is 35.3 Å². The number of aliphatic imine (C=N–C) groups is 1. The Balaban J connectivity index is 0.00000338. The molecule has 1 aromatic carbocycles. The van der Waals surface area contributed by atoms with Crippen LogP contribution in [0.4, 0.5) is 0 Å². The maximum absolute atomic E-state index is 5.26. The van der Waals surface area contributed by atoms with E-state index in [0.29, 0.717) is 19.0 Å². The van der Waals surface area contributed by atoms with Gasteiger partial charge in [0.1, 0.15) is 10.8 Å². The normalized spacial score (nSPS) is 11.2. The molecule has 0 fully saturated rings. The van der Waals surface area contributed by atoms with E-state index in [1.807, 2.05) is 18.2 Å². The van der Waals surface area contributed by atoms with Gasteiger partial charge in [-0.3, -0.25) is 0 Å². The van der Waals surface area contributed by atoms with Gasteiger partial charge in [0, 0.05) is 11.9 Å². The summed E-state index contributed by atoms with van der Waals surface area (Å²) in [7, 11) is 1.66. The summed E-state index contributed by atoms with van der Waals surface area (Å²) in [6, 6.07) is 5.99. The van der Waals surface area contributed by atoms with Crippen molar-refractivity contribution in [3.05, 3.63) is 44.3 Å². The van der Waals surface area contributed by atoms with Gasteiger partial charge in [0.15, 0.2) is 5.96 Å². The fourth-order valence-electron chi connectivity index (χ4n) is 2.15. The number of halogens is 2. The van der Waals surface area contributed by atoms with Crippen LogP contribution >= 0.6 is 51.2 Å². The Hall–Kier alpha value is -0.870. The second kappa shape index (κ2) is 11.8. The van der Waals surface area contributed by atoms with Gasteiger partial charge < -0.3 is 15.4 Å². The molecule has 0 unspecified atom stereocenters. The van der Waals surface area contributed by atoms with E-state index in [-0.39, 0.29) is 24.0 Å². The zero-order valence-corrected chi connectivity index (χ0v) is 20.2. The summed E-state index contributed by atoms with van der Waals surface area (Å²) in [6.07, 6.45) is 0. The van der Waals surface area contributed by atoms with E-state index >= 15 is 0 Å². The summed E-state index contributed by atoms with van der Waals surface area (Å²) in [5.41, 5.74) is 2.26. The molecule has 0 aliphatic carbocycles. The molecule has 0 aliphatic rings. The lowest BCUT2D eigenvalue weighted by atomic mass is 10.2. The van der Waals surface area contributed by atoms with E-state index in [1.165, 1.54) is 0 Å². The van der Waals surface area contributed by atoms with Crippen molar-refractivity contribution in [2.75, 3.05) is 13.7 Å². The first kappa shape index (κ1) is 23.2. The molecule has 0 bridgehead atoms. The summed E-state index contributed by atoms with van der Waals surface area (Å²) in [5, 5.41) is 9.81. The molecule has 0 radical (unpaired) electrons. The van der Waals surface area contributed by atoms with Crippen molar-refractivity contribution >= 4 is 57.2 Å². The van der Waals surface area contributed by atoms with Crippen molar-refractivity contribution in [2.45, 2.75) is 39.8 Å². The van der Waals surface area contributed by atoms with E-state index < -0.39 is 0 Å². The molecule has 0 atom stereocenters. The van der Waals surface area contributed by atoms with Gasteiger partial charge >= 0.3 is 0 Å². The first-order valence-electron chi connectivity index (χ1n) is 8.32. The Bertz CT molecular complexity index is 721. The number of thiazole rings is 1. The lowest BCUT2D eigenvalue weighted by molar-refractivity contribution is 0.412. The van der Waals surface area contributed by atoms with Crippen LogP contribution in [0.3, 0.4) is 0 Å². The van der Waals surface area contributed by atoms with E-state index in [0.717, 1.165) is 39.0 Å². The van der Waals surface area contributed by atoms with Crippen LogP contribution in [0.25, 0.3) is 0 Å². The summed E-state index contributed by atoms with van der Waals surface area (Å²) in [5.74, 6) is 2.07. The van der Waals surface area contributed by atoms with Crippen LogP contribution in [-0.4, -0.2) is 24.6 Å². The number of ether oxygens (including phenoxy) is 1. The highest BCUT2D eigenvalue weighted by atomic mass is 127. The second-order valence-electron chi connectivity index (χ2n) is 5.84. The highest BCUT2D eigenvalue weighted by Gasteiger charge is 2.07. The van der Waals surface area contributed by atoms with Gasteiger partial charge in [-0.25, -0.2) is 9.98 Å². The molecular weight excluding hydrogens is 527 g/mol. The van der Waals surface area contributed by atoms with Crippen LogP contribution in [0.15, 0.2) is 33.0 Å². The SMILES string of the molecule is CCNC(=NCc1ccc(OC)c(Br)c1)NCc1nc(C(C)C)cs1.I. The number of hydrogen-bond acceptors (Lipinski definition) is 4. The predicted octanol–water partition coefficient (Wildman–Crippen LogP) is 4.91. The lowest BCUT2D eigenvalue weighted by Gasteiger charge is -2.10. The quantitative estimate of drug-likeness (QED) is 0.291. The minimum Gasteiger partial charge on any atom is -0.496 e. The molecule has 26 heavy (non-hydrogen) atoms.